The van der Waals surface area contributed by atoms with Gasteiger partial charge in [-0.2, -0.15) is 0 Å². The Labute approximate surface area is 91.9 Å². The first-order chi connectivity index (χ1) is 6.50. The van der Waals surface area contributed by atoms with E-state index in [0.717, 1.165) is 9.21 Å². The predicted molar refractivity (Wildman–Crippen MR) is 57.9 cm³/mol. The Bertz CT molecular complexity index is 326. The third kappa shape index (κ3) is 2.97. The van der Waals surface area contributed by atoms with E-state index in [1.807, 2.05) is 12.1 Å². The van der Waals surface area contributed by atoms with E-state index in [9.17, 15) is 4.79 Å². The van der Waals surface area contributed by atoms with Gasteiger partial charge in [0.2, 0.25) is 0 Å². The molecule has 0 saturated carbocycles. The number of thiophene rings is 1. The summed E-state index contributed by atoms with van der Waals surface area (Å²) < 4.78 is 0.733. The van der Waals surface area contributed by atoms with Crippen molar-refractivity contribution in [2.45, 2.75) is 19.5 Å². The first-order valence-electron chi connectivity index (χ1n) is 4.18. The number of aliphatic carboxylic acids is 1. The normalized spacial score (nSPS) is 13.1. The molecule has 0 saturated heterocycles. The van der Waals surface area contributed by atoms with Crippen molar-refractivity contribution in [3.05, 3.63) is 21.3 Å². The number of rotatable bonds is 4. The van der Waals surface area contributed by atoms with E-state index in [4.69, 9.17) is 16.7 Å². The summed E-state index contributed by atoms with van der Waals surface area (Å²) in [5.74, 6) is -0.810. The van der Waals surface area contributed by atoms with Crippen LogP contribution in [0.1, 0.15) is 11.8 Å². The van der Waals surface area contributed by atoms with Crippen LogP contribution in [0.4, 0.5) is 0 Å². The van der Waals surface area contributed by atoms with E-state index >= 15 is 0 Å². The topological polar surface area (TPSA) is 40.5 Å². The zero-order chi connectivity index (χ0) is 10.7. The zero-order valence-corrected chi connectivity index (χ0v) is 9.60. The van der Waals surface area contributed by atoms with Gasteiger partial charge in [0, 0.05) is 11.4 Å². The van der Waals surface area contributed by atoms with E-state index < -0.39 is 12.0 Å². The Morgan fingerprint density at radius 1 is 1.71 bits per heavy atom. The number of halogens is 1. The summed E-state index contributed by atoms with van der Waals surface area (Å²) in [6, 6.07) is 3.26. The molecule has 0 amide bonds. The van der Waals surface area contributed by atoms with Crippen LogP contribution in [-0.2, 0) is 11.3 Å². The van der Waals surface area contributed by atoms with Crippen LogP contribution in [-0.4, -0.2) is 29.1 Å². The van der Waals surface area contributed by atoms with Gasteiger partial charge < -0.3 is 5.11 Å². The van der Waals surface area contributed by atoms with Crippen LogP contribution >= 0.6 is 22.9 Å². The molecule has 1 rings (SSSR count). The Hall–Kier alpha value is -0.580. The lowest BCUT2D eigenvalue weighted by Gasteiger charge is -2.19. The molecule has 0 aliphatic heterocycles. The summed E-state index contributed by atoms with van der Waals surface area (Å²) in [6.07, 6.45) is 0. The zero-order valence-electron chi connectivity index (χ0n) is 8.03. The molecule has 1 heterocycles. The lowest BCUT2D eigenvalue weighted by molar-refractivity contribution is -0.142. The highest BCUT2D eigenvalue weighted by Gasteiger charge is 2.17. The van der Waals surface area contributed by atoms with Crippen molar-refractivity contribution in [3.63, 3.8) is 0 Å². The highest BCUT2D eigenvalue weighted by molar-refractivity contribution is 7.16. The molecule has 0 spiro atoms. The van der Waals surface area contributed by atoms with Crippen molar-refractivity contribution < 1.29 is 9.90 Å². The number of hydrogen-bond acceptors (Lipinski definition) is 3. The van der Waals surface area contributed by atoms with Crippen LogP contribution < -0.4 is 0 Å². The van der Waals surface area contributed by atoms with Crippen molar-refractivity contribution >= 4 is 28.9 Å². The van der Waals surface area contributed by atoms with E-state index in [0.29, 0.717) is 6.54 Å². The van der Waals surface area contributed by atoms with Gasteiger partial charge in [-0.25, -0.2) is 0 Å². The summed E-state index contributed by atoms with van der Waals surface area (Å²) in [7, 11) is 1.78. The average molecular weight is 234 g/mol. The molecule has 0 aliphatic rings. The molecule has 1 unspecified atom stereocenters. The first-order valence-corrected chi connectivity index (χ1v) is 5.37. The maximum absolute atomic E-state index is 10.7. The molecule has 14 heavy (non-hydrogen) atoms. The second kappa shape index (κ2) is 4.77. The van der Waals surface area contributed by atoms with Crippen molar-refractivity contribution in [1.82, 2.24) is 4.90 Å². The molecule has 0 bridgehead atoms. The number of nitrogens with zero attached hydrogens (tertiary/aromatic N) is 1. The molecule has 3 nitrogen and oxygen atoms in total. The van der Waals surface area contributed by atoms with Crippen LogP contribution in [0.25, 0.3) is 0 Å². The minimum atomic E-state index is -0.810. The lowest BCUT2D eigenvalue weighted by atomic mass is 10.3. The molecule has 1 aromatic heterocycles. The van der Waals surface area contributed by atoms with Gasteiger partial charge in [0.1, 0.15) is 6.04 Å². The quantitative estimate of drug-likeness (QED) is 0.868. The van der Waals surface area contributed by atoms with Gasteiger partial charge in [0.15, 0.2) is 0 Å². The monoisotopic (exact) mass is 233 g/mol. The van der Waals surface area contributed by atoms with Crippen molar-refractivity contribution in [2.24, 2.45) is 0 Å². The van der Waals surface area contributed by atoms with E-state index in [1.54, 1.807) is 18.9 Å². The predicted octanol–water partition coefficient (Wildman–Crippen LogP) is 2.31. The van der Waals surface area contributed by atoms with E-state index in [-0.39, 0.29) is 0 Å². The van der Waals surface area contributed by atoms with Crippen molar-refractivity contribution in [3.8, 4) is 0 Å². The summed E-state index contributed by atoms with van der Waals surface area (Å²) >= 11 is 7.25. The van der Waals surface area contributed by atoms with Crippen LogP contribution in [0.3, 0.4) is 0 Å². The minimum absolute atomic E-state index is 0.476. The maximum Gasteiger partial charge on any atom is 0.320 e. The van der Waals surface area contributed by atoms with Gasteiger partial charge in [-0.05, 0) is 26.1 Å². The average Bonchev–Trinajstić information content (AvgIpc) is 2.49. The maximum atomic E-state index is 10.7. The largest absolute Gasteiger partial charge is 0.480 e. The minimum Gasteiger partial charge on any atom is -0.480 e. The highest BCUT2D eigenvalue weighted by Crippen LogP contribution is 2.22. The molecule has 1 N–H and O–H groups in total. The van der Waals surface area contributed by atoms with Gasteiger partial charge in [0.25, 0.3) is 0 Å². The second-order valence-corrected chi connectivity index (χ2v) is 4.93. The standard InChI is InChI=1S/C9H12ClNO2S/c1-6(9(12)13)11(2)5-7-3-4-8(10)14-7/h3-4,6H,5H2,1-2H3,(H,12,13). The molecule has 0 radical (unpaired) electrons. The number of carboxylic acids is 1. The fourth-order valence-electron chi connectivity index (χ4n) is 1.01. The third-order valence-corrected chi connectivity index (χ3v) is 3.27. The molecule has 1 atom stereocenters. The summed E-state index contributed by atoms with van der Waals surface area (Å²) in [5.41, 5.74) is 0. The fourth-order valence-corrected chi connectivity index (χ4v) is 2.16. The fraction of sp³-hybridized carbons (Fsp3) is 0.444. The van der Waals surface area contributed by atoms with Crippen LogP contribution in [0.15, 0.2) is 12.1 Å². The van der Waals surface area contributed by atoms with Crippen LogP contribution in [0, 0.1) is 0 Å². The Kier molecular flexibility index (Phi) is 3.92. The van der Waals surface area contributed by atoms with E-state index in [2.05, 4.69) is 0 Å². The molecule has 5 heteroatoms. The van der Waals surface area contributed by atoms with Crippen LogP contribution in [0.2, 0.25) is 4.34 Å². The number of carbonyl (C=O) groups is 1. The van der Waals surface area contributed by atoms with Gasteiger partial charge in [0.05, 0.1) is 4.34 Å². The lowest BCUT2D eigenvalue weighted by Crippen LogP contribution is -2.34. The number of hydrogen-bond donors (Lipinski definition) is 1. The van der Waals surface area contributed by atoms with Gasteiger partial charge in [-0.3, -0.25) is 9.69 Å². The highest BCUT2D eigenvalue weighted by atomic mass is 35.5. The summed E-state index contributed by atoms with van der Waals surface area (Å²) in [6.45, 7) is 2.28. The Morgan fingerprint density at radius 3 is 2.79 bits per heavy atom. The second-order valence-electron chi connectivity index (χ2n) is 3.14. The molecule has 0 aliphatic carbocycles. The van der Waals surface area contributed by atoms with Crippen molar-refractivity contribution in [2.75, 3.05) is 7.05 Å². The van der Waals surface area contributed by atoms with Gasteiger partial charge >= 0.3 is 5.97 Å². The molecule has 1 aromatic rings. The van der Waals surface area contributed by atoms with Crippen molar-refractivity contribution in [1.29, 1.82) is 0 Å². The third-order valence-electron chi connectivity index (χ3n) is 2.05. The Morgan fingerprint density at radius 2 is 2.36 bits per heavy atom. The number of carboxylic acid groups (broad SMARTS) is 1. The Balaban J connectivity index is 2.56. The van der Waals surface area contributed by atoms with Crippen LogP contribution in [0.5, 0.6) is 0 Å². The molecule has 78 valence electrons. The van der Waals surface area contributed by atoms with Gasteiger partial charge in [-0.1, -0.05) is 11.6 Å². The molecular weight excluding hydrogens is 222 g/mol. The SMILES string of the molecule is CC(C(=O)O)N(C)Cc1ccc(Cl)s1. The van der Waals surface area contributed by atoms with Gasteiger partial charge in [-0.15, -0.1) is 11.3 Å². The molecular formula is C9H12ClNO2S. The summed E-state index contributed by atoms with van der Waals surface area (Å²) in [4.78, 5) is 13.5. The molecule has 0 fully saturated rings. The smallest absolute Gasteiger partial charge is 0.320 e. The first kappa shape index (κ1) is 11.5. The van der Waals surface area contributed by atoms with E-state index in [1.165, 1.54) is 11.3 Å². The molecule has 0 aromatic carbocycles. The summed E-state index contributed by atoms with van der Waals surface area (Å²) in [5, 5.41) is 8.77. The number of likely N-dealkylation sites (N-methyl/N-ethyl adjacent to an activating group) is 1.